The fourth-order valence-electron chi connectivity index (χ4n) is 1.65. The van der Waals surface area contributed by atoms with Gasteiger partial charge in [-0.15, -0.1) is 0 Å². The zero-order valence-electron chi connectivity index (χ0n) is 10.2. The van der Waals surface area contributed by atoms with E-state index in [1.807, 2.05) is 0 Å². The van der Waals surface area contributed by atoms with Gasteiger partial charge < -0.3 is 10.1 Å². The van der Waals surface area contributed by atoms with E-state index in [4.69, 9.17) is 11.6 Å². The Hall–Kier alpha value is -2.15. The highest BCUT2D eigenvalue weighted by atomic mass is 35.5. The predicted octanol–water partition coefficient (Wildman–Crippen LogP) is 1.19. The second-order valence-electron chi connectivity index (χ2n) is 3.98. The van der Waals surface area contributed by atoms with Crippen molar-refractivity contribution in [2.24, 2.45) is 0 Å². The van der Waals surface area contributed by atoms with Gasteiger partial charge in [-0.3, -0.25) is 9.69 Å². The number of ether oxygens (including phenoxy) is 1. The number of carbonyl (C=O) groups is 3. The van der Waals surface area contributed by atoms with Crippen LogP contribution in [0.25, 0.3) is 0 Å². The minimum atomic E-state index is -1.02. The van der Waals surface area contributed by atoms with Crippen LogP contribution in [0.5, 0.6) is 0 Å². The number of urea groups is 1. The normalized spacial score (nSPS) is 14.1. The number of amides is 3. The summed E-state index contributed by atoms with van der Waals surface area (Å²) in [7, 11) is 0. The summed E-state index contributed by atoms with van der Waals surface area (Å²) in [4.78, 5) is 35.4. The van der Waals surface area contributed by atoms with E-state index in [0.29, 0.717) is 6.54 Å². The van der Waals surface area contributed by atoms with E-state index in [9.17, 15) is 18.8 Å². The number of halogens is 2. The zero-order chi connectivity index (χ0) is 14.7. The topological polar surface area (TPSA) is 75.7 Å². The third-order valence-corrected chi connectivity index (χ3v) is 2.87. The standard InChI is InChI=1S/C12H10ClFN2O4/c13-7-1-2-9(14)8(5-7)11(18)20-6-10(17)16-4-3-15-12(16)19/h1-2,5H,3-4,6H2,(H,15,19). The van der Waals surface area contributed by atoms with Crippen molar-refractivity contribution in [2.45, 2.75) is 0 Å². The molecule has 0 aromatic heterocycles. The van der Waals surface area contributed by atoms with Gasteiger partial charge in [-0.25, -0.2) is 14.0 Å². The molecule has 1 N–H and O–H groups in total. The molecule has 2 rings (SSSR count). The highest BCUT2D eigenvalue weighted by Crippen LogP contribution is 2.15. The van der Waals surface area contributed by atoms with Crippen molar-refractivity contribution in [3.05, 3.63) is 34.6 Å². The van der Waals surface area contributed by atoms with Crippen molar-refractivity contribution in [3.63, 3.8) is 0 Å². The molecule has 20 heavy (non-hydrogen) atoms. The molecule has 1 fully saturated rings. The molecule has 1 saturated heterocycles. The van der Waals surface area contributed by atoms with Gasteiger partial charge in [-0.2, -0.15) is 0 Å². The summed E-state index contributed by atoms with van der Waals surface area (Å²) in [5, 5.41) is 2.60. The van der Waals surface area contributed by atoms with Crippen molar-refractivity contribution in [1.29, 1.82) is 0 Å². The van der Waals surface area contributed by atoms with Crippen molar-refractivity contribution >= 4 is 29.5 Å². The van der Waals surface area contributed by atoms with Gasteiger partial charge in [0.1, 0.15) is 5.82 Å². The maximum atomic E-state index is 13.4. The minimum absolute atomic E-state index is 0.170. The second kappa shape index (κ2) is 5.87. The lowest BCUT2D eigenvalue weighted by Gasteiger charge is -2.12. The molecule has 0 aliphatic carbocycles. The van der Waals surface area contributed by atoms with Crippen LogP contribution in [0.4, 0.5) is 9.18 Å². The molecular weight excluding hydrogens is 291 g/mol. The molecule has 0 atom stereocenters. The highest BCUT2D eigenvalue weighted by Gasteiger charge is 2.27. The highest BCUT2D eigenvalue weighted by molar-refractivity contribution is 6.30. The Balaban J connectivity index is 1.97. The van der Waals surface area contributed by atoms with E-state index in [0.717, 1.165) is 17.0 Å². The lowest BCUT2D eigenvalue weighted by atomic mass is 10.2. The summed E-state index contributed by atoms with van der Waals surface area (Å²) in [6.45, 7) is -0.0829. The molecule has 8 heteroatoms. The molecule has 0 radical (unpaired) electrons. The van der Waals surface area contributed by atoms with E-state index in [-0.39, 0.29) is 17.1 Å². The van der Waals surface area contributed by atoms with Gasteiger partial charge in [0.05, 0.1) is 5.56 Å². The monoisotopic (exact) mass is 300 g/mol. The van der Waals surface area contributed by atoms with Crippen LogP contribution >= 0.6 is 11.6 Å². The molecule has 6 nitrogen and oxygen atoms in total. The van der Waals surface area contributed by atoms with E-state index in [1.165, 1.54) is 6.07 Å². The Kier molecular flexibility index (Phi) is 4.19. The summed E-state index contributed by atoms with van der Waals surface area (Å²) < 4.78 is 18.1. The number of nitrogens with zero attached hydrogens (tertiary/aromatic N) is 1. The summed E-state index contributed by atoms with van der Waals surface area (Å²) in [5.74, 6) is -2.49. The van der Waals surface area contributed by atoms with Crippen LogP contribution in [-0.2, 0) is 9.53 Å². The van der Waals surface area contributed by atoms with Crippen molar-refractivity contribution in [3.8, 4) is 0 Å². The number of rotatable bonds is 3. The van der Waals surface area contributed by atoms with Gasteiger partial charge in [0.25, 0.3) is 5.91 Å². The molecule has 1 heterocycles. The van der Waals surface area contributed by atoms with Crippen molar-refractivity contribution in [1.82, 2.24) is 10.2 Å². The Morgan fingerprint density at radius 1 is 1.45 bits per heavy atom. The number of nitrogens with one attached hydrogen (secondary N) is 1. The van der Waals surface area contributed by atoms with Crippen molar-refractivity contribution < 1.29 is 23.5 Å². The Labute approximate surface area is 118 Å². The van der Waals surface area contributed by atoms with E-state index >= 15 is 0 Å². The number of hydrogen-bond acceptors (Lipinski definition) is 4. The smallest absolute Gasteiger partial charge is 0.341 e. The lowest BCUT2D eigenvalue weighted by Crippen LogP contribution is -2.37. The summed E-state index contributed by atoms with van der Waals surface area (Å²) in [5.41, 5.74) is -0.365. The molecule has 0 unspecified atom stereocenters. The minimum Gasteiger partial charge on any atom is -0.452 e. The molecule has 0 bridgehead atoms. The van der Waals surface area contributed by atoms with E-state index < -0.39 is 30.3 Å². The molecule has 3 amide bonds. The first-order chi connectivity index (χ1) is 9.49. The third-order valence-electron chi connectivity index (χ3n) is 2.63. The molecule has 106 valence electrons. The first-order valence-electron chi connectivity index (χ1n) is 5.69. The van der Waals surface area contributed by atoms with Crippen LogP contribution in [0, 0.1) is 5.82 Å². The molecule has 1 aromatic carbocycles. The maximum Gasteiger partial charge on any atom is 0.341 e. The van der Waals surface area contributed by atoms with Gasteiger partial charge in [-0.05, 0) is 18.2 Å². The first kappa shape index (κ1) is 14.3. The van der Waals surface area contributed by atoms with Gasteiger partial charge in [0, 0.05) is 18.1 Å². The second-order valence-corrected chi connectivity index (χ2v) is 4.41. The lowest BCUT2D eigenvalue weighted by molar-refractivity contribution is -0.130. The van der Waals surface area contributed by atoms with Gasteiger partial charge in [0.15, 0.2) is 6.61 Å². The van der Waals surface area contributed by atoms with Crippen LogP contribution in [-0.4, -0.2) is 42.5 Å². The van der Waals surface area contributed by atoms with Gasteiger partial charge in [0.2, 0.25) is 0 Å². The number of benzene rings is 1. The summed E-state index contributed by atoms with van der Waals surface area (Å²) in [6.07, 6.45) is 0. The van der Waals surface area contributed by atoms with Crippen molar-refractivity contribution in [2.75, 3.05) is 19.7 Å². The molecule has 0 saturated carbocycles. The Morgan fingerprint density at radius 2 is 2.20 bits per heavy atom. The largest absolute Gasteiger partial charge is 0.452 e. The van der Waals surface area contributed by atoms with E-state index in [2.05, 4.69) is 10.1 Å². The molecular formula is C12H10ClFN2O4. The quantitative estimate of drug-likeness (QED) is 0.851. The molecule has 0 spiro atoms. The van der Waals surface area contributed by atoms with Gasteiger partial charge >= 0.3 is 12.0 Å². The first-order valence-corrected chi connectivity index (χ1v) is 6.07. The van der Waals surface area contributed by atoms with Crippen LogP contribution < -0.4 is 5.32 Å². The average molecular weight is 301 g/mol. The van der Waals surface area contributed by atoms with Gasteiger partial charge in [-0.1, -0.05) is 11.6 Å². The SMILES string of the molecule is O=C(OCC(=O)N1CCNC1=O)c1cc(Cl)ccc1F. The molecule has 1 aliphatic heterocycles. The fraction of sp³-hybridized carbons (Fsp3) is 0.250. The third kappa shape index (κ3) is 3.05. The van der Waals surface area contributed by atoms with Crippen LogP contribution in [0.3, 0.4) is 0 Å². The summed E-state index contributed by atoms with van der Waals surface area (Å²) >= 11 is 5.64. The number of hydrogen-bond donors (Lipinski definition) is 1. The Bertz CT molecular complexity index is 579. The number of esters is 1. The maximum absolute atomic E-state index is 13.4. The van der Waals surface area contributed by atoms with E-state index in [1.54, 1.807) is 0 Å². The van der Waals surface area contributed by atoms with Crippen LogP contribution in [0.15, 0.2) is 18.2 Å². The average Bonchev–Trinajstić information content (AvgIpc) is 2.84. The van der Waals surface area contributed by atoms with Crippen LogP contribution in [0.1, 0.15) is 10.4 Å². The fourth-order valence-corrected chi connectivity index (χ4v) is 1.82. The summed E-state index contributed by atoms with van der Waals surface area (Å²) in [6, 6.07) is 2.87. The number of imide groups is 1. The zero-order valence-corrected chi connectivity index (χ0v) is 10.9. The number of carbonyl (C=O) groups excluding carboxylic acids is 3. The predicted molar refractivity (Wildman–Crippen MR) is 66.8 cm³/mol. The molecule has 1 aromatic rings. The molecule has 1 aliphatic rings. The Morgan fingerprint density at radius 3 is 2.85 bits per heavy atom. The van der Waals surface area contributed by atoms with Crippen LogP contribution in [0.2, 0.25) is 5.02 Å².